The number of aromatic nitrogens is 1. The van der Waals surface area contributed by atoms with Crippen LogP contribution in [-0.2, 0) is 4.74 Å². The van der Waals surface area contributed by atoms with Crippen molar-refractivity contribution in [3.63, 3.8) is 0 Å². The van der Waals surface area contributed by atoms with Crippen molar-refractivity contribution < 1.29 is 18.7 Å². The minimum Gasteiger partial charge on any atom is -0.461 e. The number of amides is 1. The molecular formula is C13H10BrFN2O3S. The van der Waals surface area contributed by atoms with Gasteiger partial charge in [0.2, 0.25) is 0 Å². The van der Waals surface area contributed by atoms with Crippen LogP contribution < -0.4 is 5.32 Å². The SMILES string of the molecule is CCOC(=O)c1csc(NC(=O)c2cc(F)ccc2Br)n1. The van der Waals surface area contributed by atoms with E-state index in [1.54, 1.807) is 6.92 Å². The van der Waals surface area contributed by atoms with Gasteiger partial charge in [-0.1, -0.05) is 0 Å². The van der Waals surface area contributed by atoms with Crippen LogP contribution in [-0.4, -0.2) is 23.5 Å². The van der Waals surface area contributed by atoms with E-state index in [9.17, 15) is 14.0 Å². The number of benzene rings is 1. The lowest BCUT2D eigenvalue weighted by Gasteiger charge is -2.04. The molecular weight excluding hydrogens is 363 g/mol. The van der Waals surface area contributed by atoms with Gasteiger partial charge < -0.3 is 4.74 Å². The quantitative estimate of drug-likeness (QED) is 0.834. The summed E-state index contributed by atoms with van der Waals surface area (Å²) >= 11 is 4.26. The lowest BCUT2D eigenvalue weighted by Crippen LogP contribution is -2.13. The number of hydrogen-bond donors (Lipinski definition) is 1. The molecule has 0 atom stereocenters. The van der Waals surface area contributed by atoms with E-state index in [1.165, 1.54) is 17.5 Å². The lowest BCUT2D eigenvalue weighted by molar-refractivity contribution is 0.0520. The summed E-state index contributed by atoms with van der Waals surface area (Å²) in [6.07, 6.45) is 0. The average Bonchev–Trinajstić information content (AvgIpc) is 2.90. The maximum atomic E-state index is 13.2. The van der Waals surface area contributed by atoms with Gasteiger partial charge in [0, 0.05) is 9.85 Å². The molecule has 8 heteroatoms. The number of hydrogen-bond acceptors (Lipinski definition) is 5. The third-order valence-corrected chi connectivity index (χ3v) is 3.83. The van der Waals surface area contributed by atoms with Crippen LogP contribution in [0.2, 0.25) is 0 Å². The number of nitrogens with one attached hydrogen (secondary N) is 1. The van der Waals surface area contributed by atoms with Gasteiger partial charge in [-0.05, 0) is 41.1 Å². The predicted octanol–water partition coefficient (Wildman–Crippen LogP) is 3.47. The summed E-state index contributed by atoms with van der Waals surface area (Å²) in [6.45, 7) is 1.93. The summed E-state index contributed by atoms with van der Waals surface area (Å²) in [4.78, 5) is 27.4. The Labute approximate surface area is 132 Å². The van der Waals surface area contributed by atoms with Gasteiger partial charge in [0.1, 0.15) is 5.82 Å². The number of esters is 1. The summed E-state index contributed by atoms with van der Waals surface area (Å²) in [6, 6.07) is 3.79. The second-order valence-electron chi connectivity index (χ2n) is 3.84. The number of anilines is 1. The Morgan fingerprint density at radius 1 is 1.48 bits per heavy atom. The van der Waals surface area contributed by atoms with Crippen molar-refractivity contribution in [1.82, 2.24) is 4.98 Å². The monoisotopic (exact) mass is 372 g/mol. The highest BCUT2D eigenvalue weighted by Gasteiger charge is 2.16. The van der Waals surface area contributed by atoms with Crippen molar-refractivity contribution in [2.75, 3.05) is 11.9 Å². The number of rotatable bonds is 4. The van der Waals surface area contributed by atoms with E-state index in [0.717, 1.165) is 17.4 Å². The van der Waals surface area contributed by atoms with Gasteiger partial charge in [-0.15, -0.1) is 11.3 Å². The van der Waals surface area contributed by atoms with Crippen LogP contribution in [0.5, 0.6) is 0 Å². The first kappa shape index (κ1) is 15.6. The Balaban J connectivity index is 2.13. The van der Waals surface area contributed by atoms with E-state index >= 15 is 0 Å². The zero-order chi connectivity index (χ0) is 15.4. The van der Waals surface area contributed by atoms with E-state index in [1.807, 2.05) is 0 Å². The standard InChI is InChI=1S/C13H10BrFN2O3S/c1-2-20-12(19)10-6-21-13(16-10)17-11(18)8-5-7(15)3-4-9(8)14/h3-6H,2H2,1H3,(H,16,17,18). The fourth-order valence-corrected chi connectivity index (χ4v) is 2.57. The number of carbonyl (C=O) groups is 2. The molecule has 0 aliphatic carbocycles. The molecule has 0 saturated carbocycles. The van der Waals surface area contributed by atoms with Crippen LogP contribution in [0.15, 0.2) is 28.1 Å². The van der Waals surface area contributed by atoms with Crippen molar-refractivity contribution >= 4 is 44.3 Å². The third-order valence-electron chi connectivity index (χ3n) is 2.38. The molecule has 2 rings (SSSR count). The molecule has 1 aromatic heterocycles. The number of ether oxygens (including phenoxy) is 1. The molecule has 1 N–H and O–H groups in total. The van der Waals surface area contributed by atoms with E-state index < -0.39 is 17.7 Å². The molecule has 1 heterocycles. The average molecular weight is 373 g/mol. The van der Waals surface area contributed by atoms with Crippen molar-refractivity contribution in [3.05, 3.63) is 45.1 Å². The summed E-state index contributed by atoms with van der Waals surface area (Å²) in [5.74, 6) is -1.60. The van der Waals surface area contributed by atoms with Crippen LogP contribution >= 0.6 is 27.3 Å². The number of nitrogens with zero attached hydrogens (tertiary/aromatic N) is 1. The van der Waals surface area contributed by atoms with Crippen molar-refractivity contribution in [3.8, 4) is 0 Å². The Hall–Kier alpha value is -1.80. The van der Waals surface area contributed by atoms with Crippen LogP contribution in [0.1, 0.15) is 27.8 Å². The molecule has 5 nitrogen and oxygen atoms in total. The van der Waals surface area contributed by atoms with E-state index in [0.29, 0.717) is 4.47 Å². The summed E-state index contributed by atoms with van der Waals surface area (Å²) < 4.78 is 18.4. The fraction of sp³-hybridized carbons (Fsp3) is 0.154. The van der Waals surface area contributed by atoms with Gasteiger partial charge in [0.15, 0.2) is 10.8 Å². The first-order valence-corrected chi connectivity index (χ1v) is 7.57. The number of carbonyl (C=O) groups excluding carboxylic acids is 2. The number of thiazole rings is 1. The summed E-state index contributed by atoms with van der Waals surface area (Å²) in [7, 11) is 0. The maximum Gasteiger partial charge on any atom is 0.357 e. The lowest BCUT2D eigenvalue weighted by atomic mass is 10.2. The topological polar surface area (TPSA) is 68.3 Å². The Morgan fingerprint density at radius 2 is 2.24 bits per heavy atom. The van der Waals surface area contributed by atoms with Gasteiger partial charge in [0.05, 0.1) is 12.2 Å². The highest BCUT2D eigenvalue weighted by Crippen LogP contribution is 2.21. The molecule has 0 fully saturated rings. The highest BCUT2D eigenvalue weighted by atomic mass is 79.9. The highest BCUT2D eigenvalue weighted by molar-refractivity contribution is 9.10. The molecule has 0 bridgehead atoms. The normalized spacial score (nSPS) is 10.2. The molecule has 1 aromatic carbocycles. The van der Waals surface area contributed by atoms with Gasteiger partial charge in [-0.25, -0.2) is 14.2 Å². The zero-order valence-electron chi connectivity index (χ0n) is 10.9. The van der Waals surface area contributed by atoms with E-state index in [-0.39, 0.29) is 23.0 Å². The van der Waals surface area contributed by atoms with Gasteiger partial charge in [0.25, 0.3) is 5.91 Å². The first-order chi connectivity index (χ1) is 10.0. The third kappa shape index (κ3) is 3.85. The minimum atomic E-state index is -0.554. The van der Waals surface area contributed by atoms with Gasteiger partial charge in [-0.3, -0.25) is 10.1 Å². The Bertz CT molecular complexity index is 690. The molecule has 110 valence electrons. The molecule has 0 aliphatic rings. The second kappa shape index (κ2) is 6.77. The van der Waals surface area contributed by atoms with Gasteiger partial charge in [-0.2, -0.15) is 0 Å². The van der Waals surface area contributed by atoms with E-state index in [4.69, 9.17) is 4.74 Å². The Morgan fingerprint density at radius 3 is 2.95 bits per heavy atom. The maximum absolute atomic E-state index is 13.2. The summed E-state index contributed by atoms with van der Waals surface area (Å²) in [5.41, 5.74) is 0.262. The second-order valence-corrected chi connectivity index (χ2v) is 5.55. The van der Waals surface area contributed by atoms with Crippen LogP contribution in [0.3, 0.4) is 0 Å². The molecule has 2 aromatic rings. The molecule has 21 heavy (non-hydrogen) atoms. The summed E-state index contributed by atoms with van der Waals surface area (Å²) in [5, 5.41) is 4.22. The minimum absolute atomic E-state index is 0.121. The molecule has 0 spiro atoms. The van der Waals surface area contributed by atoms with Crippen molar-refractivity contribution in [2.24, 2.45) is 0 Å². The van der Waals surface area contributed by atoms with Crippen molar-refractivity contribution in [2.45, 2.75) is 6.92 Å². The van der Waals surface area contributed by atoms with Crippen LogP contribution in [0.4, 0.5) is 9.52 Å². The predicted molar refractivity (Wildman–Crippen MR) is 80.1 cm³/mol. The van der Waals surface area contributed by atoms with Crippen molar-refractivity contribution in [1.29, 1.82) is 0 Å². The molecule has 1 amide bonds. The van der Waals surface area contributed by atoms with Crippen LogP contribution in [0, 0.1) is 5.82 Å². The first-order valence-electron chi connectivity index (χ1n) is 5.90. The molecule has 0 radical (unpaired) electrons. The molecule has 0 unspecified atom stereocenters. The van der Waals surface area contributed by atoms with Gasteiger partial charge >= 0.3 is 5.97 Å². The molecule has 0 aliphatic heterocycles. The smallest absolute Gasteiger partial charge is 0.357 e. The van der Waals surface area contributed by atoms with E-state index in [2.05, 4.69) is 26.2 Å². The largest absolute Gasteiger partial charge is 0.461 e. The van der Waals surface area contributed by atoms with Crippen LogP contribution in [0.25, 0.3) is 0 Å². The Kier molecular flexibility index (Phi) is 5.03. The number of halogens is 2. The zero-order valence-corrected chi connectivity index (χ0v) is 13.3. The molecule has 0 saturated heterocycles. The fourth-order valence-electron chi connectivity index (χ4n) is 1.47.